The second-order valence-electron chi connectivity index (χ2n) is 5.38. The smallest absolute Gasteiger partial charge is 0.323 e. The Kier molecular flexibility index (Phi) is 17.7. The van der Waals surface area contributed by atoms with Crippen molar-refractivity contribution in [3.05, 3.63) is 0 Å². The number of nitrogens with one attached hydrogen (secondary N) is 8. The Morgan fingerprint density at radius 1 is 0.710 bits per heavy atom. The number of imide groups is 2. The number of amides is 10. The van der Waals surface area contributed by atoms with Gasteiger partial charge in [-0.15, -0.1) is 0 Å². The fourth-order valence-electron chi connectivity index (χ4n) is 2.14. The first kappa shape index (κ1) is 35.9. The molecule has 4 radical (unpaired) electrons. The first-order chi connectivity index (χ1) is 12.7. The Morgan fingerprint density at radius 3 is 1.26 bits per heavy atom. The van der Waals surface area contributed by atoms with Crippen molar-refractivity contribution in [2.24, 2.45) is 0 Å². The van der Waals surface area contributed by atoms with Gasteiger partial charge in [0.25, 0.3) is 11.8 Å². The zero-order valence-electron chi connectivity index (χ0n) is 17.5. The number of hydrogen-bond donors (Lipinski definition) is 10. The molecule has 10 amide bonds. The molecule has 0 aromatic heterocycles. The number of urea groups is 4. The Labute approximate surface area is 263 Å². The average Bonchev–Trinajstić information content (AvgIpc) is 3.03. The van der Waals surface area contributed by atoms with Gasteiger partial charge in [0, 0.05) is 118 Å². The van der Waals surface area contributed by atoms with Crippen molar-refractivity contribution in [3.8, 4) is 0 Å². The predicted octanol–water partition coefficient (Wildman–Crippen LogP) is -6.92. The molecule has 0 aromatic rings. The van der Waals surface area contributed by atoms with E-state index in [1.807, 2.05) is 31.9 Å². The van der Waals surface area contributed by atoms with E-state index in [2.05, 4.69) is 10.6 Å². The van der Waals surface area contributed by atoms with Crippen LogP contribution < -0.4 is 42.5 Å². The van der Waals surface area contributed by atoms with E-state index in [4.69, 9.17) is 0 Å². The Hall–Kier alpha value is 0.340. The van der Waals surface area contributed by atoms with Crippen LogP contribution in [0.2, 0.25) is 0 Å². The molecule has 31 heavy (non-hydrogen) atoms. The third-order valence-corrected chi connectivity index (χ3v) is 3.51. The summed E-state index contributed by atoms with van der Waals surface area (Å²) in [6.07, 6.45) is 0. The molecule has 2 aliphatic rings. The van der Waals surface area contributed by atoms with Gasteiger partial charge in [-0.1, -0.05) is 0 Å². The van der Waals surface area contributed by atoms with E-state index in [0.29, 0.717) is 0 Å². The van der Waals surface area contributed by atoms with Crippen LogP contribution in [0.3, 0.4) is 0 Å². The van der Waals surface area contributed by atoms with Crippen molar-refractivity contribution in [2.75, 3.05) is 19.9 Å². The van der Waals surface area contributed by atoms with E-state index in [-0.39, 0.29) is 118 Å². The summed E-state index contributed by atoms with van der Waals surface area (Å²) in [6, 6.07) is -3.91. The van der Waals surface area contributed by atoms with Gasteiger partial charge < -0.3 is 42.1 Å². The second kappa shape index (κ2) is 15.3. The summed E-state index contributed by atoms with van der Waals surface area (Å²) in [5, 5.41) is 34.4. The molecule has 2 unspecified atom stereocenters. The largest absolute Gasteiger partial charge is 0.391 e. The molecule has 0 saturated carbocycles. The maximum Gasteiger partial charge on any atom is 0.323 e. The van der Waals surface area contributed by atoms with Gasteiger partial charge in [-0.2, -0.15) is 0 Å². The summed E-state index contributed by atoms with van der Waals surface area (Å²) < 4.78 is 0. The molecule has 2 heterocycles. The third kappa shape index (κ3) is 8.90. The van der Waals surface area contributed by atoms with E-state index in [1.165, 1.54) is 0 Å². The molecule has 2 saturated heterocycles. The summed E-state index contributed by atoms with van der Waals surface area (Å²) >= 11 is 0. The fraction of sp³-hybridized carbons (Fsp3) is 0.455. The van der Waals surface area contributed by atoms with Crippen LogP contribution in [0, 0.1) is 0 Å². The molecule has 0 aliphatic carbocycles. The molecule has 152 valence electrons. The maximum absolute atomic E-state index is 11.8. The third-order valence-electron chi connectivity index (χ3n) is 3.51. The van der Waals surface area contributed by atoms with Crippen LogP contribution in [-0.4, -0.2) is 196 Å². The summed E-state index contributed by atoms with van der Waals surface area (Å²) in [5.74, 6) is -1.97. The average molecular weight is 480 g/mol. The van der Waals surface area contributed by atoms with Gasteiger partial charge in [-0.3, -0.25) is 20.2 Å². The molecule has 2 rings (SSSR count). The van der Waals surface area contributed by atoms with Crippen molar-refractivity contribution in [1.29, 1.82) is 0 Å². The second-order valence-corrected chi connectivity index (χ2v) is 5.38. The minimum absolute atomic E-state index is 0. The molecule has 0 bridgehead atoms. The van der Waals surface area contributed by atoms with Crippen molar-refractivity contribution in [2.45, 2.75) is 11.3 Å². The molecule has 0 aromatic carbocycles. The molecule has 2 aliphatic heterocycles. The van der Waals surface area contributed by atoms with Crippen LogP contribution in [0.4, 0.5) is 19.2 Å². The van der Waals surface area contributed by atoms with Crippen LogP contribution in [-0.2, 0) is 9.59 Å². The normalized spacial score (nSPS) is 23.0. The van der Waals surface area contributed by atoms with Crippen molar-refractivity contribution < 1.29 is 39.0 Å². The Balaban J connectivity index is -0.00000196. The first-order valence-corrected chi connectivity index (χ1v) is 7.27. The van der Waals surface area contributed by atoms with Gasteiger partial charge in [-0.25, -0.2) is 19.2 Å². The minimum Gasteiger partial charge on any atom is -0.391 e. The van der Waals surface area contributed by atoms with Crippen LogP contribution in [0.1, 0.15) is 0 Å². The van der Waals surface area contributed by atoms with E-state index in [0.717, 1.165) is 0 Å². The summed E-state index contributed by atoms with van der Waals surface area (Å²) in [6.45, 7) is -2.38. The van der Waals surface area contributed by atoms with Crippen molar-refractivity contribution in [1.82, 2.24) is 42.5 Å². The Bertz CT molecular complexity index is 672. The van der Waals surface area contributed by atoms with Gasteiger partial charge >= 0.3 is 24.1 Å². The zero-order valence-corrected chi connectivity index (χ0v) is 25.5. The zero-order chi connectivity index (χ0) is 20.2. The van der Waals surface area contributed by atoms with E-state index >= 15 is 0 Å². The number of hydrogen-bond acceptors (Lipinski definition) is 8. The molecular formula is C11H16N8Na4O8. The van der Waals surface area contributed by atoms with Crippen LogP contribution >= 0.6 is 0 Å². The minimum atomic E-state index is -2.06. The van der Waals surface area contributed by atoms with Gasteiger partial charge in [0.15, 0.2) is 0 Å². The number of aliphatic hydroxyl groups excluding tert-OH is 2. The topological polar surface area (TPSA) is 239 Å². The molecule has 2 atom stereocenters. The van der Waals surface area contributed by atoms with E-state index < -0.39 is 67.1 Å². The summed E-state index contributed by atoms with van der Waals surface area (Å²) in [4.78, 5) is 68.9. The van der Waals surface area contributed by atoms with E-state index in [1.54, 1.807) is 0 Å². The molecule has 0 spiro atoms. The fourth-order valence-corrected chi connectivity index (χ4v) is 2.14. The van der Waals surface area contributed by atoms with Crippen molar-refractivity contribution in [3.63, 3.8) is 0 Å². The molecular weight excluding hydrogens is 464 g/mol. The number of rotatable bonds is 6. The summed E-state index contributed by atoms with van der Waals surface area (Å²) in [7, 11) is 0. The first-order valence-electron chi connectivity index (χ1n) is 7.27. The maximum atomic E-state index is 11.8. The summed E-state index contributed by atoms with van der Waals surface area (Å²) in [5.41, 5.74) is -4.12. The van der Waals surface area contributed by atoms with Gasteiger partial charge in [0.1, 0.15) is 0 Å². The van der Waals surface area contributed by atoms with Crippen LogP contribution in [0.15, 0.2) is 0 Å². The molecule has 10 N–H and O–H groups in total. The number of carbonyl (C=O) groups is 6. The standard InChI is InChI=1S/C11H16N8O8.4Na/c20-1-10(4(22)14-8(26)18-10)16-6(24)12-3-13-7(25)17-11(2-21)5(23)15-9(27)19-11;;;;/h20-21H,1-3H2,(H2,12,16,24)(H2,13,17,25)(H2,14,18,22,26)(H2,15,19,23,27);;;;. The van der Waals surface area contributed by atoms with Gasteiger partial charge in [0.05, 0.1) is 19.9 Å². The van der Waals surface area contributed by atoms with Gasteiger partial charge in [0.2, 0.25) is 11.3 Å². The number of aliphatic hydroxyl groups is 2. The molecule has 16 nitrogen and oxygen atoms in total. The van der Waals surface area contributed by atoms with Crippen LogP contribution in [0.5, 0.6) is 0 Å². The monoisotopic (exact) mass is 480 g/mol. The predicted molar refractivity (Wildman–Crippen MR) is 104 cm³/mol. The molecule has 20 heteroatoms. The molecule has 2 fully saturated rings. The SMILES string of the molecule is O=C(NCNC(=O)NC1(CO)NC(=O)NC1=O)NC1(CO)NC(=O)NC1=O.[Na].[Na].[Na].[Na]. The Morgan fingerprint density at radius 2 is 1.03 bits per heavy atom. The van der Waals surface area contributed by atoms with Gasteiger partial charge in [-0.05, 0) is 0 Å². The van der Waals surface area contributed by atoms with E-state index in [9.17, 15) is 39.0 Å². The van der Waals surface area contributed by atoms with Crippen LogP contribution in [0.25, 0.3) is 0 Å². The van der Waals surface area contributed by atoms with Crippen molar-refractivity contribution >= 4 is 154 Å². The number of carbonyl (C=O) groups excluding carboxylic acids is 6. The quantitative estimate of drug-likeness (QED) is 0.0993.